The highest BCUT2D eigenvalue weighted by Gasteiger charge is 2.18. The zero-order chi connectivity index (χ0) is 16.2. The summed E-state index contributed by atoms with van der Waals surface area (Å²) >= 11 is 5.70. The summed E-state index contributed by atoms with van der Waals surface area (Å²) in [6.45, 7) is 0. The number of nitrogens with zero attached hydrogens (tertiary/aromatic N) is 1. The van der Waals surface area contributed by atoms with Crippen molar-refractivity contribution in [1.29, 1.82) is 5.26 Å². The van der Waals surface area contributed by atoms with E-state index < -0.39 is 15.9 Å². The predicted molar refractivity (Wildman–Crippen MR) is 81.9 cm³/mol. The van der Waals surface area contributed by atoms with Crippen LogP contribution < -0.4 is 4.72 Å². The Balaban J connectivity index is 2.22. The van der Waals surface area contributed by atoms with Gasteiger partial charge in [-0.3, -0.25) is 4.79 Å². The van der Waals surface area contributed by atoms with Gasteiger partial charge >= 0.3 is 0 Å². The number of rotatable bonds is 4. The van der Waals surface area contributed by atoms with E-state index in [4.69, 9.17) is 16.9 Å². The third-order valence-electron chi connectivity index (χ3n) is 2.82. The quantitative estimate of drug-likeness (QED) is 0.930. The van der Waals surface area contributed by atoms with Crippen LogP contribution in [0.5, 0.6) is 0 Å². The highest BCUT2D eigenvalue weighted by atomic mass is 35.5. The molecule has 2 rings (SSSR count). The van der Waals surface area contributed by atoms with E-state index in [1.807, 2.05) is 10.8 Å². The number of hydrogen-bond donors (Lipinski definition) is 1. The summed E-state index contributed by atoms with van der Waals surface area (Å²) < 4.78 is 26.2. The molecule has 0 saturated heterocycles. The minimum absolute atomic E-state index is 0.0570. The van der Waals surface area contributed by atoms with Gasteiger partial charge in [-0.2, -0.15) is 5.26 Å². The van der Waals surface area contributed by atoms with Gasteiger partial charge in [0.1, 0.15) is 0 Å². The number of benzene rings is 2. The maximum atomic E-state index is 12.1. The Bertz CT molecular complexity index is 840. The highest BCUT2D eigenvalue weighted by Crippen LogP contribution is 2.14. The molecule has 0 unspecified atom stereocenters. The van der Waals surface area contributed by atoms with Crippen LogP contribution in [-0.2, 0) is 16.4 Å². The molecule has 22 heavy (non-hydrogen) atoms. The van der Waals surface area contributed by atoms with Crippen molar-refractivity contribution in [2.24, 2.45) is 0 Å². The first-order chi connectivity index (χ1) is 10.4. The Morgan fingerprint density at radius 2 is 1.86 bits per heavy atom. The largest absolute Gasteiger partial charge is 0.268 e. The number of nitriles is 1. The molecule has 0 radical (unpaired) electrons. The van der Waals surface area contributed by atoms with Gasteiger partial charge in [-0.25, -0.2) is 13.1 Å². The Labute approximate surface area is 133 Å². The Morgan fingerprint density at radius 1 is 1.18 bits per heavy atom. The van der Waals surface area contributed by atoms with Crippen LogP contribution >= 0.6 is 11.6 Å². The van der Waals surface area contributed by atoms with E-state index >= 15 is 0 Å². The zero-order valence-corrected chi connectivity index (χ0v) is 12.9. The standard InChI is InChI=1S/C15H11ClN2O3S/c16-13-4-6-14(7-5-13)22(20,21)18-15(19)12-3-1-2-11(10-12)8-9-17/h1-7,10H,8H2,(H,18,19). The molecule has 1 amide bonds. The van der Waals surface area contributed by atoms with Gasteiger partial charge in [-0.1, -0.05) is 23.7 Å². The number of nitrogens with one attached hydrogen (secondary N) is 1. The SMILES string of the molecule is N#CCc1cccc(C(=O)NS(=O)(=O)c2ccc(Cl)cc2)c1. The number of carbonyl (C=O) groups is 1. The van der Waals surface area contributed by atoms with Crippen molar-refractivity contribution in [3.05, 3.63) is 64.7 Å². The second-order valence-electron chi connectivity index (χ2n) is 4.42. The second kappa shape index (κ2) is 6.60. The van der Waals surface area contributed by atoms with E-state index in [2.05, 4.69) is 0 Å². The molecular weight excluding hydrogens is 324 g/mol. The number of halogens is 1. The lowest BCUT2D eigenvalue weighted by Gasteiger charge is -2.07. The van der Waals surface area contributed by atoms with Crippen LogP contribution in [0.4, 0.5) is 0 Å². The third kappa shape index (κ3) is 3.85. The fourth-order valence-electron chi connectivity index (χ4n) is 1.77. The maximum absolute atomic E-state index is 12.1. The molecule has 7 heteroatoms. The van der Waals surface area contributed by atoms with Gasteiger partial charge in [-0.15, -0.1) is 0 Å². The fourth-order valence-corrected chi connectivity index (χ4v) is 2.87. The molecule has 0 aromatic heterocycles. The van der Waals surface area contributed by atoms with E-state index in [0.717, 1.165) is 0 Å². The fraction of sp³-hybridized carbons (Fsp3) is 0.0667. The van der Waals surface area contributed by atoms with Crippen molar-refractivity contribution in [3.8, 4) is 6.07 Å². The topological polar surface area (TPSA) is 87.0 Å². The molecule has 5 nitrogen and oxygen atoms in total. The highest BCUT2D eigenvalue weighted by molar-refractivity contribution is 7.90. The van der Waals surface area contributed by atoms with Gasteiger partial charge in [0.05, 0.1) is 17.4 Å². The van der Waals surface area contributed by atoms with Gasteiger partial charge in [-0.05, 0) is 42.0 Å². The van der Waals surface area contributed by atoms with E-state index in [9.17, 15) is 13.2 Å². The average molecular weight is 335 g/mol. The normalized spacial score (nSPS) is 10.7. The molecule has 0 saturated carbocycles. The zero-order valence-electron chi connectivity index (χ0n) is 11.3. The van der Waals surface area contributed by atoms with Crippen LogP contribution in [0.1, 0.15) is 15.9 Å². The van der Waals surface area contributed by atoms with Crippen LogP contribution in [0, 0.1) is 11.3 Å². The van der Waals surface area contributed by atoms with Crippen molar-refractivity contribution in [2.45, 2.75) is 11.3 Å². The van der Waals surface area contributed by atoms with Gasteiger partial charge in [0.25, 0.3) is 15.9 Å². The number of sulfonamides is 1. The monoisotopic (exact) mass is 334 g/mol. The van der Waals surface area contributed by atoms with Crippen LogP contribution in [0.3, 0.4) is 0 Å². The number of carbonyl (C=O) groups excluding carboxylic acids is 1. The average Bonchev–Trinajstić information content (AvgIpc) is 2.48. The summed E-state index contributed by atoms with van der Waals surface area (Å²) in [5, 5.41) is 9.05. The summed E-state index contributed by atoms with van der Waals surface area (Å²) in [6, 6.07) is 13.7. The molecule has 0 aliphatic heterocycles. The second-order valence-corrected chi connectivity index (χ2v) is 6.54. The Kier molecular flexibility index (Phi) is 4.81. The lowest BCUT2D eigenvalue weighted by Crippen LogP contribution is -2.30. The molecule has 0 fully saturated rings. The molecule has 0 aliphatic carbocycles. The van der Waals surface area contributed by atoms with Gasteiger partial charge in [0.15, 0.2) is 0 Å². The summed E-state index contributed by atoms with van der Waals surface area (Å²) in [5.41, 5.74) is 0.810. The van der Waals surface area contributed by atoms with Gasteiger partial charge < -0.3 is 0 Å². The van der Waals surface area contributed by atoms with Gasteiger partial charge in [0, 0.05) is 10.6 Å². The van der Waals surface area contributed by atoms with Crippen molar-refractivity contribution in [3.63, 3.8) is 0 Å². The predicted octanol–water partition coefficient (Wildman–Crippen LogP) is 2.52. The summed E-state index contributed by atoms with van der Waals surface area (Å²) in [5.74, 6) is -0.755. The maximum Gasteiger partial charge on any atom is 0.265 e. The molecule has 0 aliphatic rings. The molecule has 0 bridgehead atoms. The van der Waals surface area contributed by atoms with E-state index in [1.165, 1.54) is 36.4 Å². The first-order valence-corrected chi connectivity index (χ1v) is 8.07. The minimum Gasteiger partial charge on any atom is -0.268 e. The van der Waals surface area contributed by atoms with E-state index in [1.54, 1.807) is 12.1 Å². The molecule has 1 N–H and O–H groups in total. The third-order valence-corrected chi connectivity index (χ3v) is 4.42. The molecule has 0 heterocycles. The molecule has 2 aromatic carbocycles. The lowest BCUT2D eigenvalue weighted by atomic mass is 10.1. The molecule has 0 atom stereocenters. The lowest BCUT2D eigenvalue weighted by molar-refractivity contribution is 0.0981. The first-order valence-electron chi connectivity index (χ1n) is 6.21. The van der Waals surface area contributed by atoms with Crippen molar-refractivity contribution < 1.29 is 13.2 Å². The Morgan fingerprint density at radius 3 is 2.50 bits per heavy atom. The molecule has 2 aromatic rings. The molecular formula is C15H11ClN2O3S. The number of hydrogen-bond acceptors (Lipinski definition) is 4. The van der Waals surface area contributed by atoms with Crippen molar-refractivity contribution >= 4 is 27.5 Å². The van der Waals surface area contributed by atoms with Crippen LogP contribution in [-0.4, -0.2) is 14.3 Å². The number of amides is 1. The van der Waals surface area contributed by atoms with Crippen molar-refractivity contribution in [1.82, 2.24) is 4.72 Å². The smallest absolute Gasteiger partial charge is 0.265 e. The van der Waals surface area contributed by atoms with E-state index in [-0.39, 0.29) is 16.9 Å². The summed E-state index contributed by atoms with van der Waals surface area (Å²) in [7, 11) is -3.97. The molecule has 112 valence electrons. The first kappa shape index (κ1) is 16.0. The summed E-state index contributed by atoms with van der Waals surface area (Å²) in [6.07, 6.45) is 0.144. The Hall–Kier alpha value is -2.36. The summed E-state index contributed by atoms with van der Waals surface area (Å²) in [4.78, 5) is 12.0. The van der Waals surface area contributed by atoms with Gasteiger partial charge in [0.2, 0.25) is 0 Å². The van der Waals surface area contributed by atoms with Crippen LogP contribution in [0.15, 0.2) is 53.4 Å². The van der Waals surface area contributed by atoms with Crippen LogP contribution in [0.25, 0.3) is 0 Å². The van der Waals surface area contributed by atoms with Crippen LogP contribution in [0.2, 0.25) is 5.02 Å². The van der Waals surface area contributed by atoms with E-state index in [0.29, 0.717) is 10.6 Å². The minimum atomic E-state index is -3.97. The molecule has 0 spiro atoms. The van der Waals surface area contributed by atoms with Crippen molar-refractivity contribution in [2.75, 3.05) is 0 Å².